The number of fused-ring (bicyclic) bond motifs is 1. The van der Waals surface area contributed by atoms with Gasteiger partial charge in [-0.2, -0.15) is 0 Å². The molecule has 0 aromatic heterocycles. The van der Waals surface area contributed by atoms with Crippen molar-refractivity contribution in [3.05, 3.63) is 0 Å². The van der Waals surface area contributed by atoms with Gasteiger partial charge < -0.3 is 0 Å². The van der Waals surface area contributed by atoms with E-state index in [-0.39, 0.29) is 0 Å². The first kappa shape index (κ1) is 5.62. The Morgan fingerprint density at radius 3 is 2.30 bits per heavy atom. The summed E-state index contributed by atoms with van der Waals surface area (Å²) in [5, 5.41) is 0. The number of rotatable bonds is 0. The SMILES string of the molecule is C1CC2CCC3CC2C3C1. The van der Waals surface area contributed by atoms with Crippen molar-refractivity contribution < 1.29 is 0 Å². The second kappa shape index (κ2) is 1.78. The Bertz CT molecular complexity index is 135. The lowest BCUT2D eigenvalue weighted by Crippen LogP contribution is -2.48. The van der Waals surface area contributed by atoms with Crippen LogP contribution in [0.2, 0.25) is 0 Å². The van der Waals surface area contributed by atoms with Crippen molar-refractivity contribution in [3.63, 3.8) is 0 Å². The highest BCUT2D eigenvalue weighted by Gasteiger charge is 2.49. The van der Waals surface area contributed by atoms with Crippen LogP contribution in [0.15, 0.2) is 0 Å². The van der Waals surface area contributed by atoms with E-state index in [1.807, 2.05) is 0 Å². The normalized spacial score (nSPS) is 57.6. The largest absolute Gasteiger partial charge is 0.0527 e. The molecule has 4 saturated carbocycles. The molecule has 4 aliphatic carbocycles. The fourth-order valence-corrected chi connectivity index (χ4v) is 3.79. The molecule has 4 fully saturated rings. The van der Waals surface area contributed by atoms with Crippen molar-refractivity contribution in [1.82, 2.24) is 0 Å². The topological polar surface area (TPSA) is 0 Å². The summed E-state index contributed by atoms with van der Waals surface area (Å²) in [6.07, 6.45) is 9.52. The molecule has 0 saturated heterocycles. The summed E-state index contributed by atoms with van der Waals surface area (Å²) in [6, 6.07) is 0. The Balaban J connectivity index is 1.87. The molecule has 0 aromatic carbocycles. The minimum Gasteiger partial charge on any atom is -0.0527 e. The molecular weight excluding hydrogens is 120 g/mol. The average molecular weight is 136 g/mol. The van der Waals surface area contributed by atoms with E-state index >= 15 is 0 Å². The second-order valence-electron chi connectivity index (χ2n) is 4.59. The molecule has 56 valence electrons. The van der Waals surface area contributed by atoms with E-state index in [9.17, 15) is 0 Å². The van der Waals surface area contributed by atoms with Crippen molar-refractivity contribution in [1.29, 1.82) is 0 Å². The highest BCUT2D eigenvalue weighted by Crippen LogP contribution is 2.59. The molecule has 0 nitrogen and oxygen atoms in total. The Kier molecular flexibility index (Phi) is 1.00. The number of hydrogen-bond acceptors (Lipinski definition) is 0. The van der Waals surface area contributed by atoms with Gasteiger partial charge in [0.25, 0.3) is 0 Å². The smallest absolute Gasteiger partial charge is 0.0352 e. The molecule has 0 N–H and O–H groups in total. The van der Waals surface area contributed by atoms with Gasteiger partial charge >= 0.3 is 0 Å². The molecule has 0 aliphatic heterocycles. The molecule has 0 heteroatoms. The quantitative estimate of drug-likeness (QED) is 0.480. The third-order valence-corrected chi connectivity index (χ3v) is 4.36. The minimum atomic E-state index is 1.18. The van der Waals surface area contributed by atoms with Crippen LogP contribution in [-0.4, -0.2) is 0 Å². The zero-order valence-electron chi connectivity index (χ0n) is 6.55. The van der Waals surface area contributed by atoms with Crippen molar-refractivity contribution >= 4 is 0 Å². The van der Waals surface area contributed by atoms with Crippen LogP contribution in [0.1, 0.15) is 38.5 Å². The van der Waals surface area contributed by atoms with Crippen LogP contribution in [0.5, 0.6) is 0 Å². The van der Waals surface area contributed by atoms with Crippen LogP contribution < -0.4 is 0 Å². The van der Waals surface area contributed by atoms with E-state index in [1.165, 1.54) is 23.7 Å². The first-order chi connectivity index (χ1) is 4.95. The molecule has 4 aliphatic rings. The van der Waals surface area contributed by atoms with Crippen LogP contribution in [-0.2, 0) is 0 Å². The van der Waals surface area contributed by atoms with Crippen LogP contribution in [0.3, 0.4) is 0 Å². The molecule has 0 aromatic rings. The van der Waals surface area contributed by atoms with Crippen LogP contribution in [0.4, 0.5) is 0 Å². The lowest BCUT2D eigenvalue weighted by Gasteiger charge is -2.57. The maximum absolute atomic E-state index is 1.62. The fourth-order valence-electron chi connectivity index (χ4n) is 3.79. The van der Waals surface area contributed by atoms with E-state index in [4.69, 9.17) is 0 Å². The summed E-state index contributed by atoms with van der Waals surface area (Å²) in [4.78, 5) is 0. The van der Waals surface area contributed by atoms with Gasteiger partial charge in [0, 0.05) is 0 Å². The van der Waals surface area contributed by atoms with Gasteiger partial charge in [0.1, 0.15) is 0 Å². The molecular formula is C10H16. The Morgan fingerprint density at radius 2 is 1.60 bits per heavy atom. The lowest BCUT2D eigenvalue weighted by atomic mass is 9.49. The van der Waals surface area contributed by atoms with E-state index in [0.717, 1.165) is 0 Å². The monoisotopic (exact) mass is 136 g/mol. The number of hydrogen-bond donors (Lipinski definition) is 0. The van der Waals surface area contributed by atoms with Crippen LogP contribution in [0, 0.1) is 23.7 Å². The van der Waals surface area contributed by atoms with Gasteiger partial charge in [-0.25, -0.2) is 0 Å². The average Bonchev–Trinajstić information content (AvgIpc) is 1.96. The van der Waals surface area contributed by atoms with E-state index in [2.05, 4.69) is 0 Å². The third kappa shape index (κ3) is 0.538. The van der Waals surface area contributed by atoms with Gasteiger partial charge in [0.15, 0.2) is 0 Å². The Labute approximate surface area is 63.0 Å². The summed E-state index contributed by atoms with van der Waals surface area (Å²) in [6.45, 7) is 0. The van der Waals surface area contributed by atoms with E-state index in [0.29, 0.717) is 0 Å². The molecule has 10 heavy (non-hydrogen) atoms. The van der Waals surface area contributed by atoms with Gasteiger partial charge in [-0.3, -0.25) is 0 Å². The molecule has 0 amide bonds. The van der Waals surface area contributed by atoms with Crippen molar-refractivity contribution in [2.45, 2.75) is 38.5 Å². The maximum Gasteiger partial charge on any atom is -0.0352 e. The summed E-state index contributed by atoms with van der Waals surface area (Å²) in [5.74, 6) is 4.81. The maximum atomic E-state index is 1.62. The molecule has 4 bridgehead atoms. The predicted molar refractivity (Wildman–Crippen MR) is 41.7 cm³/mol. The lowest BCUT2D eigenvalue weighted by molar-refractivity contribution is -0.0684. The Hall–Kier alpha value is 0. The zero-order valence-corrected chi connectivity index (χ0v) is 6.55. The second-order valence-corrected chi connectivity index (χ2v) is 4.59. The fraction of sp³-hybridized carbons (Fsp3) is 1.00. The summed E-state index contributed by atoms with van der Waals surface area (Å²) in [7, 11) is 0. The molecule has 4 atom stereocenters. The Morgan fingerprint density at radius 1 is 0.700 bits per heavy atom. The molecule has 0 spiro atoms. The zero-order chi connectivity index (χ0) is 6.55. The first-order valence-corrected chi connectivity index (χ1v) is 4.95. The van der Waals surface area contributed by atoms with Crippen molar-refractivity contribution in [3.8, 4) is 0 Å². The van der Waals surface area contributed by atoms with Crippen molar-refractivity contribution in [2.75, 3.05) is 0 Å². The molecule has 0 radical (unpaired) electrons. The minimum absolute atomic E-state index is 1.18. The van der Waals surface area contributed by atoms with Gasteiger partial charge in [-0.15, -0.1) is 0 Å². The third-order valence-electron chi connectivity index (χ3n) is 4.36. The molecule has 0 heterocycles. The van der Waals surface area contributed by atoms with E-state index in [1.54, 1.807) is 38.5 Å². The highest BCUT2D eigenvalue weighted by atomic mass is 14.5. The van der Waals surface area contributed by atoms with Crippen LogP contribution in [0.25, 0.3) is 0 Å². The van der Waals surface area contributed by atoms with Crippen molar-refractivity contribution in [2.24, 2.45) is 23.7 Å². The standard InChI is InChI=1S/C10H16/c1-2-7-4-5-8-6-10(7)9(8)3-1/h7-10H,1-6H2. The first-order valence-electron chi connectivity index (χ1n) is 4.95. The van der Waals surface area contributed by atoms with Gasteiger partial charge in [0.2, 0.25) is 0 Å². The highest BCUT2D eigenvalue weighted by molar-refractivity contribution is 4.99. The molecule has 4 rings (SSSR count). The van der Waals surface area contributed by atoms with Crippen LogP contribution >= 0.6 is 0 Å². The summed E-state index contributed by atoms with van der Waals surface area (Å²) < 4.78 is 0. The van der Waals surface area contributed by atoms with Gasteiger partial charge in [-0.1, -0.05) is 12.8 Å². The summed E-state index contributed by atoms with van der Waals surface area (Å²) >= 11 is 0. The summed E-state index contributed by atoms with van der Waals surface area (Å²) in [5.41, 5.74) is 0. The van der Waals surface area contributed by atoms with Gasteiger partial charge in [-0.05, 0) is 49.4 Å². The predicted octanol–water partition coefficient (Wildman–Crippen LogP) is 2.83. The van der Waals surface area contributed by atoms with Gasteiger partial charge in [0.05, 0.1) is 0 Å². The van der Waals surface area contributed by atoms with E-state index < -0.39 is 0 Å². The molecule has 4 unspecified atom stereocenters.